The van der Waals surface area contributed by atoms with E-state index in [1.807, 2.05) is 36.4 Å². The summed E-state index contributed by atoms with van der Waals surface area (Å²) in [7, 11) is 0. The molecule has 0 aliphatic carbocycles. The van der Waals surface area contributed by atoms with Gasteiger partial charge in [-0.05, 0) is 24.1 Å². The van der Waals surface area contributed by atoms with Crippen LogP contribution in [0.15, 0.2) is 54.6 Å². The summed E-state index contributed by atoms with van der Waals surface area (Å²) >= 11 is 0. The lowest BCUT2D eigenvalue weighted by Gasteiger charge is -2.07. The van der Waals surface area contributed by atoms with E-state index in [9.17, 15) is 9.59 Å². The van der Waals surface area contributed by atoms with Crippen LogP contribution in [-0.2, 0) is 6.42 Å². The van der Waals surface area contributed by atoms with E-state index in [0.717, 1.165) is 11.8 Å². The smallest absolute Gasteiger partial charge is 0.251 e. The number of hydrogen-bond donors (Lipinski definition) is 1. The van der Waals surface area contributed by atoms with Crippen molar-refractivity contribution in [1.29, 1.82) is 0 Å². The molecule has 0 radical (unpaired) electrons. The summed E-state index contributed by atoms with van der Waals surface area (Å²) in [5.74, 6) is -0.0933. The fraction of sp³-hybridized carbons (Fsp3) is 0.125. The van der Waals surface area contributed by atoms with Crippen molar-refractivity contribution >= 4 is 12.2 Å². The third kappa shape index (κ3) is 3.52. The van der Waals surface area contributed by atoms with Gasteiger partial charge in [0.15, 0.2) is 0 Å². The molecule has 96 valence electrons. The van der Waals surface area contributed by atoms with Gasteiger partial charge in [0.2, 0.25) is 0 Å². The topological polar surface area (TPSA) is 46.2 Å². The van der Waals surface area contributed by atoms with Gasteiger partial charge >= 0.3 is 0 Å². The Kier molecular flexibility index (Phi) is 4.45. The van der Waals surface area contributed by atoms with Crippen molar-refractivity contribution in [2.75, 3.05) is 6.54 Å². The minimum absolute atomic E-state index is 0.0933. The Morgan fingerprint density at radius 2 is 1.68 bits per heavy atom. The Morgan fingerprint density at radius 3 is 2.42 bits per heavy atom. The number of amides is 1. The highest BCUT2D eigenvalue weighted by Gasteiger charge is 2.04. The van der Waals surface area contributed by atoms with Gasteiger partial charge in [-0.25, -0.2) is 0 Å². The molecule has 0 fully saturated rings. The quantitative estimate of drug-likeness (QED) is 0.832. The highest BCUT2D eigenvalue weighted by atomic mass is 16.1. The molecule has 3 heteroatoms. The summed E-state index contributed by atoms with van der Waals surface area (Å²) in [5.41, 5.74) is 2.27. The van der Waals surface area contributed by atoms with Gasteiger partial charge in [0.1, 0.15) is 6.29 Å². The molecule has 0 atom stereocenters. The SMILES string of the molecule is O=Cc1ccccc1CCNC(=O)c1ccccc1. The van der Waals surface area contributed by atoms with Crippen molar-refractivity contribution in [2.24, 2.45) is 0 Å². The standard InChI is InChI=1S/C16H15NO2/c18-12-15-9-5-4-6-13(15)10-11-17-16(19)14-7-2-1-3-8-14/h1-9,12H,10-11H2,(H,17,19). The largest absolute Gasteiger partial charge is 0.352 e. The average Bonchev–Trinajstić information content (AvgIpc) is 2.48. The van der Waals surface area contributed by atoms with Crippen LogP contribution in [0.25, 0.3) is 0 Å². The molecule has 0 saturated heterocycles. The number of nitrogens with one attached hydrogen (secondary N) is 1. The Balaban J connectivity index is 1.90. The van der Waals surface area contributed by atoms with Crippen molar-refractivity contribution in [3.8, 4) is 0 Å². The van der Waals surface area contributed by atoms with Crippen LogP contribution in [0.5, 0.6) is 0 Å². The summed E-state index contributed by atoms with van der Waals surface area (Å²) in [5, 5.41) is 2.84. The third-order valence-corrected chi connectivity index (χ3v) is 2.90. The van der Waals surface area contributed by atoms with Crippen LogP contribution in [0.3, 0.4) is 0 Å². The lowest BCUT2D eigenvalue weighted by molar-refractivity contribution is 0.0954. The van der Waals surface area contributed by atoms with Crippen molar-refractivity contribution in [3.63, 3.8) is 0 Å². The molecule has 0 aliphatic rings. The Morgan fingerprint density at radius 1 is 1.00 bits per heavy atom. The predicted octanol–water partition coefficient (Wildman–Crippen LogP) is 2.47. The zero-order valence-electron chi connectivity index (χ0n) is 10.5. The highest BCUT2D eigenvalue weighted by molar-refractivity contribution is 5.94. The lowest BCUT2D eigenvalue weighted by atomic mass is 10.1. The number of aldehydes is 1. The fourth-order valence-electron chi connectivity index (χ4n) is 1.88. The van der Waals surface area contributed by atoms with Crippen LogP contribution >= 0.6 is 0 Å². The molecule has 0 unspecified atom stereocenters. The highest BCUT2D eigenvalue weighted by Crippen LogP contribution is 2.06. The molecule has 0 aliphatic heterocycles. The van der Waals surface area contributed by atoms with Crippen LogP contribution in [-0.4, -0.2) is 18.7 Å². The molecule has 0 aromatic heterocycles. The summed E-state index contributed by atoms with van der Waals surface area (Å²) in [6.45, 7) is 0.512. The molecule has 3 nitrogen and oxygen atoms in total. The second-order valence-electron chi connectivity index (χ2n) is 4.19. The normalized spacial score (nSPS) is 9.89. The Labute approximate surface area is 112 Å². The number of carbonyl (C=O) groups excluding carboxylic acids is 2. The molecule has 0 spiro atoms. The first-order valence-corrected chi connectivity index (χ1v) is 6.17. The Hall–Kier alpha value is -2.42. The van der Waals surface area contributed by atoms with Crippen molar-refractivity contribution in [3.05, 3.63) is 71.3 Å². The molecule has 2 rings (SSSR count). The molecule has 1 N–H and O–H groups in total. The van der Waals surface area contributed by atoms with Crippen molar-refractivity contribution in [1.82, 2.24) is 5.32 Å². The first-order chi connectivity index (χ1) is 9.31. The van der Waals surface area contributed by atoms with Crippen molar-refractivity contribution < 1.29 is 9.59 Å². The molecule has 1 amide bonds. The van der Waals surface area contributed by atoms with E-state index in [-0.39, 0.29) is 5.91 Å². The fourth-order valence-corrected chi connectivity index (χ4v) is 1.88. The number of hydrogen-bond acceptors (Lipinski definition) is 2. The number of carbonyl (C=O) groups is 2. The average molecular weight is 253 g/mol. The zero-order chi connectivity index (χ0) is 13.5. The van der Waals surface area contributed by atoms with Gasteiger partial charge < -0.3 is 5.32 Å². The third-order valence-electron chi connectivity index (χ3n) is 2.90. The van der Waals surface area contributed by atoms with E-state index < -0.39 is 0 Å². The van der Waals surface area contributed by atoms with Crippen LogP contribution < -0.4 is 5.32 Å². The number of benzene rings is 2. The van der Waals surface area contributed by atoms with Crippen LogP contribution in [0.1, 0.15) is 26.3 Å². The second-order valence-corrected chi connectivity index (χ2v) is 4.19. The first-order valence-electron chi connectivity index (χ1n) is 6.17. The van der Waals surface area contributed by atoms with Gasteiger partial charge in [0.25, 0.3) is 5.91 Å². The van der Waals surface area contributed by atoms with Gasteiger partial charge in [0.05, 0.1) is 0 Å². The maximum absolute atomic E-state index is 11.8. The van der Waals surface area contributed by atoms with Gasteiger partial charge in [-0.15, -0.1) is 0 Å². The lowest BCUT2D eigenvalue weighted by Crippen LogP contribution is -2.25. The number of rotatable bonds is 5. The minimum atomic E-state index is -0.0933. The minimum Gasteiger partial charge on any atom is -0.352 e. The van der Waals surface area contributed by atoms with E-state index in [1.165, 1.54) is 0 Å². The molecule has 0 heterocycles. The molecule has 19 heavy (non-hydrogen) atoms. The molecular formula is C16H15NO2. The van der Waals surface area contributed by atoms with E-state index in [1.54, 1.807) is 18.2 Å². The van der Waals surface area contributed by atoms with Crippen LogP contribution in [0.4, 0.5) is 0 Å². The molecular weight excluding hydrogens is 238 g/mol. The Bertz CT molecular complexity index is 564. The van der Waals surface area contributed by atoms with Gasteiger partial charge in [-0.2, -0.15) is 0 Å². The summed E-state index contributed by atoms with van der Waals surface area (Å²) in [6.07, 6.45) is 1.49. The molecule has 0 saturated carbocycles. The van der Waals surface area contributed by atoms with Gasteiger partial charge in [-0.3, -0.25) is 9.59 Å². The summed E-state index contributed by atoms with van der Waals surface area (Å²) < 4.78 is 0. The monoisotopic (exact) mass is 253 g/mol. The van der Waals surface area contributed by atoms with Crippen LogP contribution in [0, 0.1) is 0 Å². The maximum Gasteiger partial charge on any atom is 0.251 e. The van der Waals surface area contributed by atoms with E-state index >= 15 is 0 Å². The molecule has 2 aromatic rings. The molecule has 0 bridgehead atoms. The molecule has 2 aromatic carbocycles. The van der Waals surface area contributed by atoms with Gasteiger partial charge in [-0.1, -0.05) is 42.5 Å². The second kappa shape index (κ2) is 6.50. The summed E-state index contributed by atoms with van der Waals surface area (Å²) in [4.78, 5) is 22.7. The first kappa shape index (κ1) is 13.0. The zero-order valence-corrected chi connectivity index (χ0v) is 10.5. The van der Waals surface area contributed by atoms with Gasteiger partial charge in [0, 0.05) is 17.7 Å². The van der Waals surface area contributed by atoms with E-state index in [4.69, 9.17) is 0 Å². The van der Waals surface area contributed by atoms with Crippen LogP contribution in [0.2, 0.25) is 0 Å². The predicted molar refractivity (Wildman–Crippen MR) is 74.3 cm³/mol. The summed E-state index contributed by atoms with van der Waals surface area (Å²) in [6, 6.07) is 16.5. The van der Waals surface area contributed by atoms with E-state index in [0.29, 0.717) is 24.1 Å². The maximum atomic E-state index is 11.8. The van der Waals surface area contributed by atoms with E-state index in [2.05, 4.69) is 5.32 Å². The van der Waals surface area contributed by atoms with Crippen molar-refractivity contribution in [2.45, 2.75) is 6.42 Å².